The van der Waals surface area contributed by atoms with Crippen molar-refractivity contribution >= 4 is 11.7 Å². The molecule has 1 aliphatic heterocycles. The molecule has 5 heteroatoms. The number of nitrogens with one attached hydrogen (secondary N) is 1. The van der Waals surface area contributed by atoms with Crippen molar-refractivity contribution in [2.24, 2.45) is 5.92 Å². The van der Waals surface area contributed by atoms with Crippen molar-refractivity contribution in [2.45, 2.75) is 6.42 Å². The molecule has 1 fully saturated rings. The van der Waals surface area contributed by atoms with Crippen molar-refractivity contribution < 1.29 is 14.3 Å². The van der Waals surface area contributed by atoms with Crippen molar-refractivity contribution in [3.8, 4) is 11.5 Å². The number of methoxy groups -OCH3 is 2. The van der Waals surface area contributed by atoms with Gasteiger partial charge in [-0.15, -0.1) is 0 Å². The number of rotatable bonds is 5. The average molecular weight is 326 g/mol. The van der Waals surface area contributed by atoms with E-state index in [0.29, 0.717) is 5.92 Å². The van der Waals surface area contributed by atoms with Gasteiger partial charge in [0, 0.05) is 24.8 Å². The second-order valence-corrected chi connectivity index (χ2v) is 5.99. The third-order valence-electron chi connectivity index (χ3n) is 4.21. The van der Waals surface area contributed by atoms with Crippen LogP contribution in [0.15, 0.2) is 48.5 Å². The Morgan fingerprint density at radius 2 is 1.71 bits per heavy atom. The van der Waals surface area contributed by atoms with E-state index in [2.05, 4.69) is 5.32 Å². The van der Waals surface area contributed by atoms with E-state index in [-0.39, 0.29) is 6.03 Å². The topological polar surface area (TPSA) is 50.8 Å². The zero-order valence-corrected chi connectivity index (χ0v) is 14.0. The number of likely N-dealkylation sites (tertiary alicyclic amines) is 1. The second-order valence-electron chi connectivity index (χ2n) is 5.99. The summed E-state index contributed by atoms with van der Waals surface area (Å²) >= 11 is 0. The summed E-state index contributed by atoms with van der Waals surface area (Å²) in [4.78, 5) is 14.0. The molecule has 0 bridgehead atoms. The minimum absolute atomic E-state index is 0.0410. The number of ether oxygens (including phenoxy) is 2. The maximum atomic E-state index is 12.2. The number of carbonyl (C=O) groups excluding carboxylic acids is 1. The molecule has 2 amide bonds. The summed E-state index contributed by atoms with van der Waals surface area (Å²) in [6, 6.07) is 15.4. The van der Waals surface area contributed by atoms with Gasteiger partial charge in [0.1, 0.15) is 11.5 Å². The van der Waals surface area contributed by atoms with E-state index in [1.54, 1.807) is 14.2 Å². The maximum Gasteiger partial charge on any atom is 0.321 e. The lowest BCUT2D eigenvalue weighted by Crippen LogP contribution is -2.52. The second kappa shape index (κ2) is 7.25. The smallest absolute Gasteiger partial charge is 0.321 e. The minimum Gasteiger partial charge on any atom is -0.497 e. The first kappa shape index (κ1) is 16.2. The third kappa shape index (κ3) is 3.79. The van der Waals surface area contributed by atoms with Gasteiger partial charge < -0.3 is 19.7 Å². The molecule has 3 rings (SSSR count). The molecule has 1 heterocycles. The number of amides is 2. The number of benzene rings is 2. The van der Waals surface area contributed by atoms with Crippen LogP contribution in [0.3, 0.4) is 0 Å². The third-order valence-corrected chi connectivity index (χ3v) is 4.21. The SMILES string of the molecule is COc1cc(CC2CN(C(=O)Nc3ccccc3)C2)cc(OC)c1. The fourth-order valence-corrected chi connectivity index (χ4v) is 2.91. The zero-order valence-electron chi connectivity index (χ0n) is 14.0. The van der Waals surface area contributed by atoms with Crippen molar-refractivity contribution in [3.63, 3.8) is 0 Å². The normalized spacial score (nSPS) is 14.0. The Balaban J connectivity index is 1.53. The predicted molar refractivity (Wildman–Crippen MR) is 93.8 cm³/mol. The molecule has 0 radical (unpaired) electrons. The first-order chi connectivity index (χ1) is 11.7. The summed E-state index contributed by atoms with van der Waals surface area (Å²) in [5.74, 6) is 2.05. The van der Waals surface area contributed by atoms with Gasteiger partial charge in [-0.3, -0.25) is 0 Å². The van der Waals surface area contributed by atoms with Gasteiger partial charge in [0.2, 0.25) is 0 Å². The van der Waals surface area contributed by atoms with Gasteiger partial charge in [0.05, 0.1) is 14.2 Å². The lowest BCUT2D eigenvalue weighted by Gasteiger charge is -2.39. The predicted octanol–water partition coefficient (Wildman–Crippen LogP) is 3.41. The lowest BCUT2D eigenvalue weighted by atomic mass is 9.92. The molecule has 2 aromatic rings. The molecule has 0 saturated carbocycles. The van der Waals surface area contributed by atoms with Crippen LogP contribution in [0.25, 0.3) is 0 Å². The maximum absolute atomic E-state index is 12.2. The van der Waals surface area contributed by atoms with Crippen molar-refractivity contribution in [1.29, 1.82) is 0 Å². The molecule has 0 aromatic heterocycles. The van der Waals surface area contributed by atoms with Crippen molar-refractivity contribution in [3.05, 3.63) is 54.1 Å². The molecule has 5 nitrogen and oxygen atoms in total. The summed E-state index contributed by atoms with van der Waals surface area (Å²) in [5, 5.41) is 2.91. The van der Waals surface area contributed by atoms with Crippen molar-refractivity contribution in [1.82, 2.24) is 4.90 Å². The van der Waals surface area contributed by atoms with Crippen LogP contribution in [0.4, 0.5) is 10.5 Å². The first-order valence-corrected chi connectivity index (χ1v) is 8.01. The van der Waals surface area contributed by atoms with Gasteiger partial charge in [-0.1, -0.05) is 18.2 Å². The van der Waals surface area contributed by atoms with Gasteiger partial charge in [0.25, 0.3) is 0 Å². The van der Waals surface area contributed by atoms with E-state index >= 15 is 0 Å². The Labute approximate surface area is 142 Å². The summed E-state index contributed by atoms with van der Waals surface area (Å²) in [6.45, 7) is 1.52. The highest BCUT2D eigenvalue weighted by atomic mass is 16.5. The molecular weight excluding hydrogens is 304 g/mol. The Kier molecular flexibility index (Phi) is 4.89. The van der Waals surface area contributed by atoms with Crippen LogP contribution >= 0.6 is 0 Å². The zero-order chi connectivity index (χ0) is 16.9. The average Bonchev–Trinajstić information content (AvgIpc) is 2.58. The van der Waals surface area contributed by atoms with Gasteiger partial charge in [-0.2, -0.15) is 0 Å². The van der Waals surface area contributed by atoms with Gasteiger partial charge in [-0.25, -0.2) is 4.79 Å². The molecule has 1 saturated heterocycles. The van der Waals surface area contributed by atoms with Gasteiger partial charge in [-0.05, 0) is 42.2 Å². The molecular formula is C19H22N2O3. The number of anilines is 1. The highest BCUT2D eigenvalue weighted by Gasteiger charge is 2.30. The molecule has 2 aromatic carbocycles. The molecule has 0 spiro atoms. The lowest BCUT2D eigenvalue weighted by molar-refractivity contribution is 0.131. The fourth-order valence-electron chi connectivity index (χ4n) is 2.91. The summed E-state index contributed by atoms with van der Waals surface area (Å²) in [7, 11) is 3.30. The van der Waals surface area contributed by atoms with Gasteiger partial charge in [0.15, 0.2) is 0 Å². The number of nitrogens with zero attached hydrogens (tertiary/aromatic N) is 1. The van der Waals surface area contributed by atoms with E-state index < -0.39 is 0 Å². The Morgan fingerprint density at radius 3 is 2.29 bits per heavy atom. The highest BCUT2D eigenvalue weighted by molar-refractivity contribution is 5.89. The van der Waals surface area contributed by atoms with E-state index in [0.717, 1.165) is 36.7 Å². The standard InChI is InChI=1S/C19H22N2O3/c1-23-17-9-14(10-18(11-17)24-2)8-15-12-21(13-15)19(22)20-16-6-4-3-5-7-16/h3-7,9-11,15H,8,12-13H2,1-2H3,(H,20,22). The molecule has 0 aliphatic carbocycles. The van der Waals surface area contributed by atoms with Crippen LogP contribution in [0.2, 0.25) is 0 Å². The summed E-state index contributed by atoms with van der Waals surface area (Å²) in [6.07, 6.45) is 0.905. The Bertz CT molecular complexity index is 675. The number of hydrogen-bond donors (Lipinski definition) is 1. The number of urea groups is 1. The van der Waals surface area contributed by atoms with Crippen molar-refractivity contribution in [2.75, 3.05) is 32.6 Å². The molecule has 0 atom stereocenters. The van der Waals surface area contributed by atoms with E-state index in [1.165, 1.54) is 5.56 Å². The molecule has 126 valence electrons. The van der Waals surface area contributed by atoms with Crippen LogP contribution in [-0.4, -0.2) is 38.2 Å². The first-order valence-electron chi connectivity index (χ1n) is 8.01. The van der Waals surface area contributed by atoms with E-state index in [9.17, 15) is 4.79 Å². The fraction of sp³-hybridized carbons (Fsp3) is 0.316. The summed E-state index contributed by atoms with van der Waals surface area (Å²) in [5.41, 5.74) is 1.99. The van der Waals surface area contributed by atoms with E-state index in [4.69, 9.17) is 9.47 Å². The van der Waals surface area contributed by atoms with E-state index in [1.807, 2.05) is 53.4 Å². The molecule has 0 unspecified atom stereocenters. The highest BCUT2D eigenvalue weighted by Crippen LogP contribution is 2.27. The summed E-state index contributed by atoms with van der Waals surface area (Å²) < 4.78 is 10.6. The van der Waals surface area contributed by atoms with Crippen LogP contribution in [0, 0.1) is 5.92 Å². The monoisotopic (exact) mass is 326 g/mol. The van der Waals surface area contributed by atoms with Gasteiger partial charge >= 0.3 is 6.03 Å². The molecule has 1 aliphatic rings. The van der Waals surface area contributed by atoms with Crippen LogP contribution in [-0.2, 0) is 6.42 Å². The molecule has 1 N–H and O–H groups in total. The minimum atomic E-state index is -0.0410. The quantitative estimate of drug-likeness (QED) is 0.916. The van der Waals surface area contributed by atoms with Crippen LogP contribution < -0.4 is 14.8 Å². The Morgan fingerprint density at radius 1 is 1.08 bits per heavy atom. The Hall–Kier alpha value is -2.69. The van der Waals surface area contributed by atoms with Crippen LogP contribution in [0.1, 0.15) is 5.56 Å². The number of hydrogen-bond acceptors (Lipinski definition) is 3. The number of para-hydroxylation sites is 1. The number of carbonyl (C=O) groups is 1. The largest absolute Gasteiger partial charge is 0.497 e. The molecule has 24 heavy (non-hydrogen) atoms. The van der Waals surface area contributed by atoms with Crippen LogP contribution in [0.5, 0.6) is 11.5 Å².